The highest BCUT2D eigenvalue weighted by atomic mass is 32.1. The summed E-state index contributed by atoms with van der Waals surface area (Å²) in [7, 11) is 0. The van der Waals surface area contributed by atoms with Crippen LogP contribution in [0.5, 0.6) is 6.01 Å². The molecule has 82 valence electrons. The van der Waals surface area contributed by atoms with Gasteiger partial charge in [-0.25, -0.2) is 4.98 Å². The molecule has 5 heteroatoms. The molecule has 2 N–H and O–H groups in total. The number of rotatable bonds is 5. The third-order valence-corrected chi connectivity index (χ3v) is 2.10. The van der Waals surface area contributed by atoms with Crippen molar-refractivity contribution in [2.75, 3.05) is 0 Å². The number of ether oxygens (including phenoxy) is 1. The molecule has 15 heavy (non-hydrogen) atoms. The van der Waals surface area contributed by atoms with Gasteiger partial charge in [-0.3, -0.25) is 0 Å². The van der Waals surface area contributed by atoms with Gasteiger partial charge < -0.3 is 10.5 Å². The summed E-state index contributed by atoms with van der Waals surface area (Å²) in [6.07, 6.45) is 3.74. The van der Waals surface area contributed by atoms with Gasteiger partial charge in [-0.05, 0) is 19.4 Å². The topological polar surface area (TPSA) is 61.0 Å². The van der Waals surface area contributed by atoms with Crippen LogP contribution in [0.4, 0.5) is 0 Å². The van der Waals surface area contributed by atoms with E-state index in [1.807, 2.05) is 6.92 Å². The molecule has 4 nitrogen and oxygen atoms in total. The van der Waals surface area contributed by atoms with Crippen LogP contribution >= 0.6 is 12.2 Å². The van der Waals surface area contributed by atoms with Crippen molar-refractivity contribution in [2.24, 2.45) is 5.73 Å². The Balaban J connectivity index is 2.69. The second-order valence-electron chi connectivity index (χ2n) is 3.31. The third kappa shape index (κ3) is 3.79. The van der Waals surface area contributed by atoms with E-state index in [0.29, 0.717) is 11.7 Å². The molecule has 0 fully saturated rings. The minimum atomic E-state index is 0.108. The molecule has 1 atom stereocenters. The second kappa shape index (κ2) is 5.60. The quantitative estimate of drug-likeness (QED) is 0.772. The molecule has 1 unspecified atom stereocenters. The Morgan fingerprint density at radius 3 is 3.00 bits per heavy atom. The van der Waals surface area contributed by atoms with Crippen molar-refractivity contribution in [1.29, 1.82) is 0 Å². The standard InChI is InChI=1S/C10H15N3OS/c1-3-4-7(2)14-10-12-6-5-8(13-10)9(11)15/h5-7H,3-4H2,1-2H3,(H2,11,15). The van der Waals surface area contributed by atoms with Gasteiger partial charge >= 0.3 is 6.01 Å². The first kappa shape index (κ1) is 11.8. The Hall–Kier alpha value is -1.23. The summed E-state index contributed by atoms with van der Waals surface area (Å²) in [5.41, 5.74) is 6.00. The molecule has 0 aromatic carbocycles. The van der Waals surface area contributed by atoms with Gasteiger partial charge in [0.15, 0.2) is 0 Å². The molecule has 0 spiro atoms. The normalized spacial score (nSPS) is 12.1. The molecule has 1 rings (SSSR count). The van der Waals surface area contributed by atoms with Crippen molar-refractivity contribution < 1.29 is 4.74 Å². The first-order chi connectivity index (χ1) is 7.13. The van der Waals surface area contributed by atoms with Crippen molar-refractivity contribution in [3.8, 4) is 6.01 Å². The zero-order valence-corrected chi connectivity index (χ0v) is 9.75. The number of nitrogens with zero attached hydrogens (tertiary/aromatic N) is 2. The molecule has 0 radical (unpaired) electrons. The largest absolute Gasteiger partial charge is 0.460 e. The van der Waals surface area contributed by atoms with E-state index in [-0.39, 0.29) is 11.1 Å². The monoisotopic (exact) mass is 225 g/mol. The maximum Gasteiger partial charge on any atom is 0.317 e. The van der Waals surface area contributed by atoms with E-state index in [0.717, 1.165) is 12.8 Å². The zero-order valence-electron chi connectivity index (χ0n) is 8.93. The number of nitrogens with two attached hydrogens (primary N) is 1. The lowest BCUT2D eigenvalue weighted by molar-refractivity contribution is 0.192. The molecule has 1 aromatic rings. The van der Waals surface area contributed by atoms with Crippen molar-refractivity contribution >= 4 is 17.2 Å². The van der Waals surface area contributed by atoms with Gasteiger partial charge in [0.2, 0.25) is 0 Å². The van der Waals surface area contributed by atoms with Crippen LogP contribution in [-0.2, 0) is 0 Å². The first-order valence-corrected chi connectivity index (χ1v) is 5.33. The van der Waals surface area contributed by atoms with E-state index < -0.39 is 0 Å². The van der Waals surface area contributed by atoms with Gasteiger partial charge in [-0.1, -0.05) is 25.6 Å². The minimum Gasteiger partial charge on any atom is -0.460 e. The van der Waals surface area contributed by atoms with Crippen LogP contribution in [0.25, 0.3) is 0 Å². The average molecular weight is 225 g/mol. The van der Waals surface area contributed by atoms with Crippen molar-refractivity contribution in [2.45, 2.75) is 32.8 Å². The molecule has 0 bridgehead atoms. The van der Waals surface area contributed by atoms with Crippen LogP contribution in [0.3, 0.4) is 0 Å². The number of hydrogen-bond donors (Lipinski definition) is 1. The summed E-state index contributed by atoms with van der Waals surface area (Å²) in [6.45, 7) is 4.09. The molecule has 0 saturated heterocycles. The van der Waals surface area contributed by atoms with E-state index in [2.05, 4.69) is 16.9 Å². The van der Waals surface area contributed by atoms with E-state index >= 15 is 0 Å². The van der Waals surface area contributed by atoms with Gasteiger partial charge in [0.05, 0.1) is 6.10 Å². The van der Waals surface area contributed by atoms with Crippen molar-refractivity contribution in [3.05, 3.63) is 18.0 Å². The molecular formula is C10H15N3OS. The molecule has 0 saturated carbocycles. The highest BCUT2D eigenvalue weighted by molar-refractivity contribution is 7.80. The molecular weight excluding hydrogens is 210 g/mol. The molecule has 1 aromatic heterocycles. The Labute approximate surface area is 94.9 Å². The van der Waals surface area contributed by atoms with E-state index in [4.69, 9.17) is 22.7 Å². The molecule has 1 heterocycles. The lowest BCUT2D eigenvalue weighted by atomic mass is 10.2. The van der Waals surface area contributed by atoms with E-state index in [1.165, 1.54) is 0 Å². The maximum absolute atomic E-state index is 5.51. The van der Waals surface area contributed by atoms with Crippen molar-refractivity contribution in [3.63, 3.8) is 0 Å². The summed E-state index contributed by atoms with van der Waals surface area (Å²) in [5, 5.41) is 0. The van der Waals surface area contributed by atoms with Crippen LogP contribution in [0.1, 0.15) is 32.4 Å². The van der Waals surface area contributed by atoms with Gasteiger partial charge in [0, 0.05) is 6.20 Å². The molecule has 0 amide bonds. The maximum atomic E-state index is 5.51. The molecule has 0 aliphatic heterocycles. The highest BCUT2D eigenvalue weighted by Gasteiger charge is 2.06. The Kier molecular flexibility index (Phi) is 4.42. The SMILES string of the molecule is CCCC(C)Oc1nccc(C(N)=S)n1. The fraction of sp³-hybridized carbons (Fsp3) is 0.500. The predicted octanol–water partition coefficient (Wildman–Crippen LogP) is 1.68. The van der Waals surface area contributed by atoms with E-state index in [1.54, 1.807) is 12.3 Å². The Morgan fingerprint density at radius 2 is 2.40 bits per heavy atom. The molecule has 0 aliphatic carbocycles. The highest BCUT2D eigenvalue weighted by Crippen LogP contribution is 2.08. The van der Waals surface area contributed by atoms with Crippen molar-refractivity contribution in [1.82, 2.24) is 9.97 Å². The summed E-state index contributed by atoms with van der Waals surface area (Å²) in [4.78, 5) is 8.35. The van der Waals surface area contributed by atoms with E-state index in [9.17, 15) is 0 Å². The van der Waals surface area contributed by atoms with Crippen LogP contribution in [0.15, 0.2) is 12.3 Å². The van der Waals surface area contributed by atoms with Crippen LogP contribution < -0.4 is 10.5 Å². The summed E-state index contributed by atoms with van der Waals surface area (Å²) >= 11 is 4.82. The fourth-order valence-electron chi connectivity index (χ4n) is 1.18. The number of hydrogen-bond acceptors (Lipinski definition) is 4. The van der Waals surface area contributed by atoms with Crippen LogP contribution in [0.2, 0.25) is 0 Å². The van der Waals surface area contributed by atoms with Gasteiger partial charge in [-0.15, -0.1) is 0 Å². The second-order valence-corrected chi connectivity index (χ2v) is 3.75. The Bertz CT molecular complexity index is 343. The number of thiocarbonyl (C=S) groups is 1. The predicted molar refractivity (Wildman–Crippen MR) is 62.9 cm³/mol. The summed E-state index contributed by atoms with van der Waals surface area (Å²) in [5.74, 6) is 0. The fourth-order valence-corrected chi connectivity index (χ4v) is 1.29. The number of aromatic nitrogens is 2. The van der Waals surface area contributed by atoms with Gasteiger partial charge in [0.1, 0.15) is 10.7 Å². The molecule has 0 aliphatic rings. The lowest BCUT2D eigenvalue weighted by Gasteiger charge is -2.11. The average Bonchev–Trinajstić information content (AvgIpc) is 2.18. The summed E-state index contributed by atoms with van der Waals surface area (Å²) < 4.78 is 5.51. The van der Waals surface area contributed by atoms with Crippen LogP contribution in [0, 0.1) is 0 Å². The van der Waals surface area contributed by atoms with Gasteiger partial charge in [0.25, 0.3) is 0 Å². The van der Waals surface area contributed by atoms with Crippen LogP contribution in [-0.4, -0.2) is 21.1 Å². The smallest absolute Gasteiger partial charge is 0.317 e. The first-order valence-electron chi connectivity index (χ1n) is 4.93. The van der Waals surface area contributed by atoms with Gasteiger partial charge in [-0.2, -0.15) is 4.98 Å². The summed E-state index contributed by atoms with van der Waals surface area (Å²) in [6, 6.07) is 2.00. The lowest BCUT2D eigenvalue weighted by Crippen LogP contribution is -2.16. The minimum absolute atomic E-state index is 0.108. The third-order valence-electron chi connectivity index (χ3n) is 1.89. The zero-order chi connectivity index (χ0) is 11.3. The Morgan fingerprint density at radius 1 is 1.67 bits per heavy atom.